The average molecular weight is 282 g/mol. The SMILES string of the molecule is CC1CCCC(c2ccc(O)cc2)(c2ccc(O)cc2)C1. The molecule has 1 aliphatic carbocycles. The Kier molecular flexibility index (Phi) is 3.62. The van der Waals surface area contributed by atoms with Gasteiger partial charge in [0.1, 0.15) is 11.5 Å². The number of hydrogen-bond donors (Lipinski definition) is 2. The maximum Gasteiger partial charge on any atom is 0.115 e. The summed E-state index contributed by atoms with van der Waals surface area (Å²) in [6.45, 7) is 2.31. The summed E-state index contributed by atoms with van der Waals surface area (Å²) in [4.78, 5) is 0. The summed E-state index contributed by atoms with van der Waals surface area (Å²) >= 11 is 0. The highest BCUT2D eigenvalue weighted by Gasteiger charge is 2.38. The van der Waals surface area contributed by atoms with E-state index in [1.807, 2.05) is 24.3 Å². The van der Waals surface area contributed by atoms with Crippen molar-refractivity contribution in [1.29, 1.82) is 0 Å². The van der Waals surface area contributed by atoms with Gasteiger partial charge in [-0.15, -0.1) is 0 Å². The summed E-state index contributed by atoms with van der Waals surface area (Å²) in [5.74, 6) is 1.30. The quantitative estimate of drug-likeness (QED) is 0.845. The van der Waals surface area contributed by atoms with Crippen molar-refractivity contribution in [2.45, 2.75) is 38.0 Å². The largest absolute Gasteiger partial charge is 0.508 e. The van der Waals surface area contributed by atoms with Gasteiger partial charge in [-0.3, -0.25) is 0 Å². The highest BCUT2D eigenvalue weighted by Crippen LogP contribution is 2.47. The first kappa shape index (κ1) is 14.0. The number of aromatic hydroxyl groups is 2. The van der Waals surface area contributed by atoms with E-state index < -0.39 is 0 Å². The van der Waals surface area contributed by atoms with E-state index in [4.69, 9.17) is 0 Å². The number of benzene rings is 2. The van der Waals surface area contributed by atoms with Crippen LogP contribution in [0.2, 0.25) is 0 Å². The Morgan fingerprint density at radius 1 is 0.857 bits per heavy atom. The van der Waals surface area contributed by atoms with Crippen LogP contribution in [-0.4, -0.2) is 10.2 Å². The van der Waals surface area contributed by atoms with E-state index in [0.29, 0.717) is 17.4 Å². The summed E-state index contributed by atoms with van der Waals surface area (Å²) < 4.78 is 0. The summed E-state index contributed by atoms with van der Waals surface area (Å²) in [5, 5.41) is 19.1. The van der Waals surface area contributed by atoms with Crippen LogP contribution in [-0.2, 0) is 5.41 Å². The van der Waals surface area contributed by atoms with Gasteiger partial charge in [0.15, 0.2) is 0 Å². The van der Waals surface area contributed by atoms with Gasteiger partial charge in [-0.2, -0.15) is 0 Å². The molecule has 1 saturated carbocycles. The predicted octanol–water partition coefficient (Wildman–Crippen LogP) is 4.59. The second kappa shape index (κ2) is 5.44. The van der Waals surface area contributed by atoms with Gasteiger partial charge in [-0.05, 0) is 54.2 Å². The van der Waals surface area contributed by atoms with Crippen molar-refractivity contribution in [2.24, 2.45) is 5.92 Å². The molecule has 0 saturated heterocycles. The predicted molar refractivity (Wildman–Crippen MR) is 84.6 cm³/mol. The molecule has 0 aliphatic heterocycles. The number of hydrogen-bond acceptors (Lipinski definition) is 2. The van der Waals surface area contributed by atoms with Crippen molar-refractivity contribution in [3.8, 4) is 11.5 Å². The Hall–Kier alpha value is -1.96. The molecule has 0 heterocycles. The summed E-state index contributed by atoms with van der Waals surface area (Å²) in [7, 11) is 0. The Bertz CT molecular complexity index is 553. The minimum Gasteiger partial charge on any atom is -0.508 e. The van der Waals surface area contributed by atoms with Gasteiger partial charge in [0, 0.05) is 5.41 Å². The Morgan fingerprint density at radius 3 is 1.76 bits per heavy atom. The Morgan fingerprint density at radius 2 is 1.33 bits per heavy atom. The Balaban J connectivity index is 2.10. The van der Waals surface area contributed by atoms with Crippen molar-refractivity contribution in [3.05, 3.63) is 59.7 Å². The number of phenols is 2. The third-order valence-electron chi connectivity index (χ3n) is 4.84. The molecule has 0 bridgehead atoms. The molecule has 1 fully saturated rings. The van der Waals surface area contributed by atoms with E-state index >= 15 is 0 Å². The molecular weight excluding hydrogens is 260 g/mol. The van der Waals surface area contributed by atoms with Gasteiger partial charge in [0.05, 0.1) is 0 Å². The van der Waals surface area contributed by atoms with E-state index in [0.717, 1.165) is 12.8 Å². The van der Waals surface area contributed by atoms with Crippen LogP contribution in [0.3, 0.4) is 0 Å². The zero-order chi connectivity index (χ0) is 14.9. The minimum atomic E-state index is -0.000926. The highest BCUT2D eigenvalue weighted by molar-refractivity contribution is 5.43. The maximum atomic E-state index is 9.56. The van der Waals surface area contributed by atoms with Gasteiger partial charge in [-0.1, -0.05) is 44.0 Å². The molecule has 110 valence electrons. The molecule has 2 heteroatoms. The van der Waals surface area contributed by atoms with Crippen LogP contribution in [0.4, 0.5) is 0 Å². The fourth-order valence-corrected chi connectivity index (χ4v) is 3.80. The third kappa shape index (κ3) is 2.63. The molecule has 0 aromatic heterocycles. The summed E-state index contributed by atoms with van der Waals surface area (Å²) in [6, 6.07) is 15.3. The van der Waals surface area contributed by atoms with E-state index in [2.05, 4.69) is 6.92 Å². The summed E-state index contributed by atoms with van der Waals surface area (Å²) in [5.41, 5.74) is 2.52. The zero-order valence-corrected chi connectivity index (χ0v) is 12.4. The molecule has 1 aliphatic rings. The van der Waals surface area contributed by atoms with Gasteiger partial charge >= 0.3 is 0 Å². The molecular formula is C19H22O2. The molecule has 2 aromatic rings. The van der Waals surface area contributed by atoms with E-state index in [1.54, 1.807) is 24.3 Å². The first-order chi connectivity index (χ1) is 10.1. The fraction of sp³-hybridized carbons (Fsp3) is 0.368. The second-order valence-corrected chi connectivity index (χ2v) is 6.38. The fourth-order valence-electron chi connectivity index (χ4n) is 3.80. The molecule has 0 amide bonds. The van der Waals surface area contributed by atoms with E-state index in [1.165, 1.54) is 24.0 Å². The zero-order valence-electron chi connectivity index (χ0n) is 12.4. The summed E-state index contributed by atoms with van der Waals surface area (Å²) in [6.07, 6.45) is 4.72. The standard InChI is InChI=1S/C19H22O2/c1-14-3-2-12-19(13-14,15-4-8-17(20)9-5-15)16-6-10-18(21)11-7-16/h4-11,14,20-21H,2-3,12-13H2,1H3. The lowest BCUT2D eigenvalue weighted by molar-refractivity contribution is 0.272. The van der Waals surface area contributed by atoms with Crippen molar-refractivity contribution >= 4 is 0 Å². The Labute approximate surface area is 126 Å². The second-order valence-electron chi connectivity index (χ2n) is 6.38. The highest BCUT2D eigenvalue weighted by atomic mass is 16.3. The number of phenolic OH excluding ortho intramolecular Hbond substituents is 2. The van der Waals surface area contributed by atoms with Crippen LogP contribution in [0.25, 0.3) is 0 Å². The van der Waals surface area contributed by atoms with Gasteiger partial charge in [0.2, 0.25) is 0 Å². The van der Waals surface area contributed by atoms with Crippen LogP contribution in [0, 0.1) is 5.92 Å². The lowest BCUT2D eigenvalue weighted by Gasteiger charge is -2.41. The topological polar surface area (TPSA) is 40.5 Å². The first-order valence-corrected chi connectivity index (χ1v) is 7.69. The van der Waals surface area contributed by atoms with E-state index in [9.17, 15) is 10.2 Å². The maximum absolute atomic E-state index is 9.56. The smallest absolute Gasteiger partial charge is 0.115 e. The van der Waals surface area contributed by atoms with Crippen molar-refractivity contribution in [1.82, 2.24) is 0 Å². The van der Waals surface area contributed by atoms with Crippen molar-refractivity contribution in [2.75, 3.05) is 0 Å². The molecule has 21 heavy (non-hydrogen) atoms. The molecule has 2 nitrogen and oxygen atoms in total. The lowest BCUT2D eigenvalue weighted by atomic mass is 9.62. The monoisotopic (exact) mass is 282 g/mol. The first-order valence-electron chi connectivity index (χ1n) is 7.69. The van der Waals surface area contributed by atoms with Crippen molar-refractivity contribution in [3.63, 3.8) is 0 Å². The van der Waals surface area contributed by atoms with Crippen LogP contribution < -0.4 is 0 Å². The van der Waals surface area contributed by atoms with Gasteiger partial charge < -0.3 is 10.2 Å². The lowest BCUT2D eigenvalue weighted by Crippen LogP contribution is -2.33. The van der Waals surface area contributed by atoms with Crippen molar-refractivity contribution < 1.29 is 10.2 Å². The van der Waals surface area contributed by atoms with E-state index in [-0.39, 0.29) is 5.41 Å². The molecule has 1 atom stereocenters. The average Bonchev–Trinajstić information content (AvgIpc) is 2.48. The van der Waals surface area contributed by atoms with Crippen LogP contribution in [0.1, 0.15) is 43.7 Å². The van der Waals surface area contributed by atoms with Crippen LogP contribution >= 0.6 is 0 Å². The third-order valence-corrected chi connectivity index (χ3v) is 4.84. The molecule has 0 spiro atoms. The molecule has 1 unspecified atom stereocenters. The minimum absolute atomic E-state index is 0.000926. The molecule has 3 rings (SSSR count). The molecule has 2 aromatic carbocycles. The molecule has 2 N–H and O–H groups in total. The van der Waals surface area contributed by atoms with Gasteiger partial charge in [0.25, 0.3) is 0 Å². The van der Waals surface area contributed by atoms with Gasteiger partial charge in [-0.25, -0.2) is 0 Å². The normalized spacial score (nSPS) is 21.1. The molecule has 0 radical (unpaired) electrons. The number of rotatable bonds is 2. The van der Waals surface area contributed by atoms with Crippen LogP contribution in [0.5, 0.6) is 11.5 Å². The van der Waals surface area contributed by atoms with Crippen LogP contribution in [0.15, 0.2) is 48.5 Å².